The van der Waals surface area contributed by atoms with Crippen molar-refractivity contribution in [3.63, 3.8) is 0 Å². The molecule has 1 aromatic carbocycles. The molecule has 0 unspecified atom stereocenters. The third-order valence-corrected chi connectivity index (χ3v) is 3.21. The molecule has 0 aliphatic rings. The maximum Gasteiger partial charge on any atom is 0.0593 e. The fourth-order valence-corrected chi connectivity index (χ4v) is 1.98. The SMILES string of the molecule is CCOCCN(CCOCC)CCc1ccc(N)cc1. The van der Waals surface area contributed by atoms with E-state index < -0.39 is 0 Å². The van der Waals surface area contributed by atoms with Gasteiger partial charge >= 0.3 is 0 Å². The highest BCUT2D eigenvalue weighted by atomic mass is 16.5. The standard InChI is InChI=1S/C16H28N2O2/c1-3-19-13-11-18(12-14-20-4-2)10-9-15-5-7-16(17)8-6-15/h5-8H,3-4,9-14,17H2,1-2H3. The molecule has 0 aliphatic heterocycles. The highest BCUT2D eigenvalue weighted by Crippen LogP contribution is 2.07. The summed E-state index contributed by atoms with van der Waals surface area (Å²) in [4.78, 5) is 2.39. The first-order chi connectivity index (χ1) is 9.76. The molecule has 0 spiro atoms. The number of hydrogen-bond donors (Lipinski definition) is 1. The van der Waals surface area contributed by atoms with Gasteiger partial charge in [-0.1, -0.05) is 12.1 Å². The van der Waals surface area contributed by atoms with Crippen LogP contribution in [0.15, 0.2) is 24.3 Å². The molecule has 0 atom stereocenters. The Hall–Kier alpha value is -1.10. The number of ether oxygens (including phenoxy) is 2. The molecule has 0 aliphatic carbocycles. The van der Waals surface area contributed by atoms with Gasteiger partial charge < -0.3 is 15.2 Å². The Morgan fingerprint density at radius 3 is 1.95 bits per heavy atom. The van der Waals surface area contributed by atoms with Gasteiger partial charge in [0.1, 0.15) is 0 Å². The summed E-state index contributed by atoms with van der Waals surface area (Å²) in [7, 11) is 0. The van der Waals surface area contributed by atoms with Crippen molar-refractivity contribution < 1.29 is 9.47 Å². The zero-order chi connectivity index (χ0) is 14.6. The Labute approximate surface area is 122 Å². The number of anilines is 1. The molecule has 4 nitrogen and oxygen atoms in total. The molecule has 0 heterocycles. The fraction of sp³-hybridized carbons (Fsp3) is 0.625. The smallest absolute Gasteiger partial charge is 0.0593 e. The van der Waals surface area contributed by atoms with Crippen molar-refractivity contribution in [3.8, 4) is 0 Å². The van der Waals surface area contributed by atoms with E-state index in [1.54, 1.807) is 0 Å². The predicted octanol–water partition coefficient (Wildman–Crippen LogP) is 2.19. The largest absolute Gasteiger partial charge is 0.399 e. The van der Waals surface area contributed by atoms with Crippen LogP contribution in [0.3, 0.4) is 0 Å². The highest BCUT2D eigenvalue weighted by Gasteiger charge is 2.05. The van der Waals surface area contributed by atoms with Gasteiger partial charge in [0.25, 0.3) is 0 Å². The van der Waals surface area contributed by atoms with Crippen LogP contribution < -0.4 is 5.73 Å². The van der Waals surface area contributed by atoms with Gasteiger partial charge in [-0.15, -0.1) is 0 Å². The van der Waals surface area contributed by atoms with E-state index in [1.807, 2.05) is 26.0 Å². The highest BCUT2D eigenvalue weighted by molar-refractivity contribution is 5.39. The minimum Gasteiger partial charge on any atom is -0.399 e. The van der Waals surface area contributed by atoms with E-state index >= 15 is 0 Å². The minimum absolute atomic E-state index is 0.775. The maximum absolute atomic E-state index is 5.70. The average Bonchev–Trinajstić information content (AvgIpc) is 2.46. The normalized spacial score (nSPS) is 11.2. The Balaban J connectivity index is 2.35. The van der Waals surface area contributed by atoms with Crippen molar-refractivity contribution in [2.24, 2.45) is 0 Å². The van der Waals surface area contributed by atoms with E-state index in [4.69, 9.17) is 15.2 Å². The molecule has 0 amide bonds. The Kier molecular flexibility index (Phi) is 9.04. The molecule has 0 saturated heterocycles. The minimum atomic E-state index is 0.775. The lowest BCUT2D eigenvalue weighted by atomic mass is 10.1. The quantitative estimate of drug-likeness (QED) is 0.498. The topological polar surface area (TPSA) is 47.7 Å². The van der Waals surface area contributed by atoms with Crippen LogP contribution in [0.5, 0.6) is 0 Å². The summed E-state index contributed by atoms with van der Waals surface area (Å²) >= 11 is 0. The summed E-state index contributed by atoms with van der Waals surface area (Å²) in [6.07, 6.45) is 1.03. The third kappa shape index (κ3) is 7.48. The Morgan fingerprint density at radius 1 is 0.900 bits per heavy atom. The van der Waals surface area contributed by atoms with Crippen LogP contribution in [0.2, 0.25) is 0 Å². The van der Waals surface area contributed by atoms with Gasteiger partial charge in [-0.25, -0.2) is 0 Å². The van der Waals surface area contributed by atoms with Crippen LogP contribution >= 0.6 is 0 Å². The molecule has 2 N–H and O–H groups in total. The van der Waals surface area contributed by atoms with Crippen LogP contribution in [0.25, 0.3) is 0 Å². The van der Waals surface area contributed by atoms with Gasteiger partial charge in [0, 0.05) is 38.5 Å². The number of nitrogens with zero attached hydrogens (tertiary/aromatic N) is 1. The Morgan fingerprint density at radius 2 is 1.45 bits per heavy atom. The van der Waals surface area contributed by atoms with Gasteiger partial charge in [-0.3, -0.25) is 4.90 Å². The monoisotopic (exact) mass is 280 g/mol. The van der Waals surface area contributed by atoms with Crippen LogP contribution in [0.1, 0.15) is 19.4 Å². The maximum atomic E-state index is 5.70. The summed E-state index contributed by atoms with van der Waals surface area (Å²) in [5, 5.41) is 0. The molecule has 0 radical (unpaired) electrons. The number of hydrogen-bond acceptors (Lipinski definition) is 4. The van der Waals surface area contributed by atoms with Crippen LogP contribution in [0.4, 0.5) is 5.69 Å². The van der Waals surface area contributed by atoms with Crippen molar-refractivity contribution >= 4 is 5.69 Å². The molecular formula is C16H28N2O2. The predicted molar refractivity (Wildman–Crippen MR) is 84.0 cm³/mol. The molecule has 4 heteroatoms. The zero-order valence-corrected chi connectivity index (χ0v) is 12.8. The first-order valence-electron chi connectivity index (χ1n) is 7.48. The molecule has 0 bridgehead atoms. The van der Waals surface area contributed by atoms with E-state index in [0.29, 0.717) is 0 Å². The third-order valence-electron chi connectivity index (χ3n) is 3.21. The molecule has 0 saturated carbocycles. The van der Waals surface area contributed by atoms with E-state index in [-0.39, 0.29) is 0 Å². The van der Waals surface area contributed by atoms with E-state index in [0.717, 1.165) is 58.2 Å². The van der Waals surface area contributed by atoms with Gasteiger partial charge in [0.05, 0.1) is 13.2 Å². The summed E-state index contributed by atoms with van der Waals surface area (Å²) in [6, 6.07) is 8.11. The molecular weight excluding hydrogens is 252 g/mol. The lowest BCUT2D eigenvalue weighted by Gasteiger charge is -2.22. The zero-order valence-electron chi connectivity index (χ0n) is 12.8. The molecule has 1 rings (SSSR count). The number of benzene rings is 1. The lowest BCUT2D eigenvalue weighted by Crippen LogP contribution is -2.33. The van der Waals surface area contributed by atoms with Crippen molar-refractivity contribution in [1.29, 1.82) is 0 Å². The van der Waals surface area contributed by atoms with Gasteiger partial charge in [-0.2, -0.15) is 0 Å². The molecule has 20 heavy (non-hydrogen) atoms. The molecule has 0 fully saturated rings. The van der Waals surface area contributed by atoms with Crippen molar-refractivity contribution in [2.75, 3.05) is 51.8 Å². The second-order valence-corrected chi connectivity index (χ2v) is 4.73. The summed E-state index contributed by atoms with van der Waals surface area (Å²) in [5.74, 6) is 0. The molecule has 114 valence electrons. The van der Waals surface area contributed by atoms with Gasteiger partial charge in [0.2, 0.25) is 0 Å². The fourth-order valence-electron chi connectivity index (χ4n) is 1.98. The van der Waals surface area contributed by atoms with Crippen LogP contribution in [-0.4, -0.2) is 51.0 Å². The number of nitrogens with two attached hydrogens (primary N) is 1. The summed E-state index contributed by atoms with van der Waals surface area (Å²) in [5.41, 5.74) is 7.84. The number of rotatable bonds is 11. The van der Waals surface area contributed by atoms with Crippen molar-refractivity contribution in [2.45, 2.75) is 20.3 Å². The van der Waals surface area contributed by atoms with Gasteiger partial charge in [0.15, 0.2) is 0 Å². The van der Waals surface area contributed by atoms with Gasteiger partial charge in [-0.05, 0) is 38.0 Å². The number of nitrogen functional groups attached to an aromatic ring is 1. The van der Waals surface area contributed by atoms with Crippen LogP contribution in [-0.2, 0) is 15.9 Å². The van der Waals surface area contributed by atoms with E-state index in [9.17, 15) is 0 Å². The van der Waals surface area contributed by atoms with Crippen LogP contribution in [0, 0.1) is 0 Å². The second kappa shape index (κ2) is 10.7. The molecule has 1 aromatic rings. The second-order valence-electron chi connectivity index (χ2n) is 4.73. The first-order valence-corrected chi connectivity index (χ1v) is 7.48. The summed E-state index contributed by atoms with van der Waals surface area (Å²) < 4.78 is 10.9. The Bertz CT molecular complexity index is 331. The average molecular weight is 280 g/mol. The summed E-state index contributed by atoms with van der Waals surface area (Å²) in [6.45, 7) is 10.1. The van der Waals surface area contributed by atoms with E-state index in [1.165, 1.54) is 5.56 Å². The lowest BCUT2D eigenvalue weighted by molar-refractivity contribution is 0.0833. The van der Waals surface area contributed by atoms with E-state index in [2.05, 4.69) is 17.0 Å². The van der Waals surface area contributed by atoms with Crippen molar-refractivity contribution in [1.82, 2.24) is 4.90 Å². The first kappa shape index (κ1) is 17.0. The molecule has 0 aromatic heterocycles. The van der Waals surface area contributed by atoms with Crippen molar-refractivity contribution in [3.05, 3.63) is 29.8 Å².